The van der Waals surface area contributed by atoms with Crippen molar-refractivity contribution >= 4 is 15.9 Å². The van der Waals surface area contributed by atoms with Crippen molar-refractivity contribution in [1.82, 2.24) is 14.6 Å². The van der Waals surface area contributed by atoms with Gasteiger partial charge in [0, 0.05) is 18.8 Å². The molecule has 3 rings (SSSR count). The number of hydrogen-bond acceptors (Lipinski definition) is 6. The van der Waals surface area contributed by atoms with Gasteiger partial charge < -0.3 is 16.2 Å². The molecule has 2 fully saturated rings. The van der Waals surface area contributed by atoms with Gasteiger partial charge in [-0.2, -0.15) is 4.31 Å². The lowest BCUT2D eigenvalue weighted by atomic mass is 9.72. The molecule has 1 aliphatic carbocycles. The van der Waals surface area contributed by atoms with Gasteiger partial charge in [0.1, 0.15) is 0 Å². The van der Waals surface area contributed by atoms with E-state index in [0.29, 0.717) is 19.3 Å². The fourth-order valence-corrected chi connectivity index (χ4v) is 6.51. The summed E-state index contributed by atoms with van der Waals surface area (Å²) in [5.41, 5.74) is 6.31. The summed E-state index contributed by atoms with van der Waals surface area (Å²) in [6.07, 6.45) is 7.77. The zero-order valence-electron chi connectivity index (χ0n) is 18.5. The van der Waals surface area contributed by atoms with Crippen LogP contribution >= 0.6 is 0 Å². The number of β-amino-alcohol motifs (C(OH)–C–C–N with tert-alkyl or cyclic N) is 1. The molecule has 1 aliphatic heterocycles. The maximum absolute atomic E-state index is 13.0. The van der Waals surface area contributed by atoms with Crippen LogP contribution in [-0.2, 0) is 14.8 Å². The largest absolute Gasteiger partial charge is 0.390 e. The molecule has 1 aromatic rings. The Balaban J connectivity index is 1.64. The van der Waals surface area contributed by atoms with E-state index in [1.54, 1.807) is 12.1 Å². The van der Waals surface area contributed by atoms with Crippen LogP contribution in [0.5, 0.6) is 0 Å². The second-order valence-corrected chi connectivity index (χ2v) is 11.4. The van der Waals surface area contributed by atoms with Gasteiger partial charge >= 0.3 is 0 Å². The first kappa shape index (κ1) is 24.1. The first-order valence-corrected chi connectivity index (χ1v) is 12.7. The van der Waals surface area contributed by atoms with E-state index in [0.717, 1.165) is 12.8 Å². The first-order chi connectivity index (χ1) is 14.6. The van der Waals surface area contributed by atoms with Gasteiger partial charge in [-0.25, -0.2) is 13.4 Å². The number of nitrogens with one attached hydrogen (secondary N) is 1. The van der Waals surface area contributed by atoms with E-state index in [-0.39, 0.29) is 28.9 Å². The molecule has 9 heteroatoms. The third-order valence-electron chi connectivity index (χ3n) is 6.87. The van der Waals surface area contributed by atoms with Crippen LogP contribution in [-0.4, -0.2) is 59.5 Å². The number of aromatic nitrogens is 1. The van der Waals surface area contributed by atoms with Crippen LogP contribution in [0.1, 0.15) is 65.2 Å². The lowest BCUT2D eigenvalue weighted by Gasteiger charge is -2.35. The van der Waals surface area contributed by atoms with Crippen molar-refractivity contribution in [2.24, 2.45) is 11.1 Å². The molecule has 31 heavy (non-hydrogen) atoms. The van der Waals surface area contributed by atoms with Crippen LogP contribution in [0.25, 0.3) is 0 Å². The maximum Gasteiger partial charge on any atom is 0.260 e. The standard InChI is InChI=1S/C22H36N4O4S/c1-16-9-10-18(25-21(28)17(23)14-22(2)11-5-3-6-12-22)19(27)15-26(16)31(29,30)20-8-4-7-13-24-20/h4,7-8,13,16-19,27H,3,5-6,9-12,14-15,23H2,1-2H3,(H,25,28). The number of aliphatic hydroxyl groups excluding tert-OH is 1. The smallest absolute Gasteiger partial charge is 0.260 e. The quantitative estimate of drug-likeness (QED) is 0.604. The SMILES string of the molecule is CC1CCC(NC(=O)C(N)CC2(C)CCCCC2)C(O)CN1S(=O)(=O)c1ccccn1. The molecule has 174 valence electrons. The van der Waals surface area contributed by atoms with E-state index in [1.165, 1.54) is 35.8 Å². The second-order valence-electron chi connectivity index (χ2n) is 9.53. The molecule has 1 amide bonds. The van der Waals surface area contributed by atoms with Gasteiger partial charge in [0.15, 0.2) is 5.03 Å². The molecule has 0 bridgehead atoms. The Kier molecular flexibility index (Phi) is 7.72. The Morgan fingerprint density at radius 2 is 2.03 bits per heavy atom. The van der Waals surface area contributed by atoms with Gasteiger partial charge in [-0.1, -0.05) is 32.3 Å². The summed E-state index contributed by atoms with van der Waals surface area (Å²) >= 11 is 0. The highest BCUT2D eigenvalue weighted by atomic mass is 32.2. The zero-order valence-corrected chi connectivity index (χ0v) is 19.4. The molecule has 2 heterocycles. The number of nitrogens with two attached hydrogens (primary N) is 1. The predicted molar refractivity (Wildman–Crippen MR) is 119 cm³/mol. The molecule has 1 saturated heterocycles. The zero-order chi connectivity index (χ0) is 22.6. The summed E-state index contributed by atoms with van der Waals surface area (Å²) in [4.78, 5) is 16.7. The summed E-state index contributed by atoms with van der Waals surface area (Å²) in [7, 11) is -3.84. The molecule has 4 N–H and O–H groups in total. The number of nitrogens with zero attached hydrogens (tertiary/aromatic N) is 2. The Morgan fingerprint density at radius 3 is 2.68 bits per heavy atom. The van der Waals surface area contributed by atoms with Crippen molar-refractivity contribution < 1.29 is 18.3 Å². The monoisotopic (exact) mass is 452 g/mol. The number of carbonyl (C=O) groups excluding carboxylic acids is 1. The van der Waals surface area contributed by atoms with Crippen LogP contribution in [0.4, 0.5) is 0 Å². The minimum Gasteiger partial charge on any atom is -0.390 e. The van der Waals surface area contributed by atoms with Crippen molar-refractivity contribution in [3.63, 3.8) is 0 Å². The van der Waals surface area contributed by atoms with Crippen LogP contribution in [0.3, 0.4) is 0 Å². The van der Waals surface area contributed by atoms with E-state index in [4.69, 9.17) is 5.73 Å². The Labute approximate surface area is 185 Å². The molecular formula is C22H36N4O4S. The van der Waals surface area contributed by atoms with Crippen molar-refractivity contribution in [3.05, 3.63) is 24.4 Å². The van der Waals surface area contributed by atoms with E-state index in [9.17, 15) is 18.3 Å². The Morgan fingerprint density at radius 1 is 1.32 bits per heavy atom. The lowest BCUT2D eigenvalue weighted by Crippen LogP contribution is -2.52. The molecule has 1 saturated carbocycles. The minimum absolute atomic E-state index is 0.0423. The van der Waals surface area contributed by atoms with Crippen LogP contribution in [0.2, 0.25) is 0 Å². The summed E-state index contributed by atoms with van der Waals surface area (Å²) in [5.74, 6) is -0.274. The fourth-order valence-electron chi connectivity index (χ4n) is 4.89. The highest BCUT2D eigenvalue weighted by Crippen LogP contribution is 2.39. The van der Waals surface area contributed by atoms with Gasteiger partial charge in [-0.3, -0.25) is 4.79 Å². The Bertz CT molecular complexity index is 842. The fraction of sp³-hybridized carbons (Fsp3) is 0.727. The maximum atomic E-state index is 13.0. The molecule has 8 nitrogen and oxygen atoms in total. The molecular weight excluding hydrogens is 416 g/mol. The summed E-state index contributed by atoms with van der Waals surface area (Å²) in [5, 5.41) is 13.6. The van der Waals surface area contributed by atoms with E-state index in [1.807, 2.05) is 6.92 Å². The van der Waals surface area contributed by atoms with Gasteiger partial charge in [0.05, 0.1) is 18.2 Å². The number of rotatable bonds is 6. The summed E-state index contributed by atoms with van der Waals surface area (Å²) < 4.78 is 27.4. The van der Waals surface area contributed by atoms with E-state index < -0.39 is 28.2 Å². The van der Waals surface area contributed by atoms with Crippen molar-refractivity contribution in [2.75, 3.05) is 6.54 Å². The summed E-state index contributed by atoms with van der Waals surface area (Å²) in [6.45, 7) is 3.91. The van der Waals surface area contributed by atoms with E-state index >= 15 is 0 Å². The number of aliphatic hydroxyl groups is 1. The average Bonchev–Trinajstić information content (AvgIpc) is 2.88. The third kappa shape index (κ3) is 5.83. The van der Waals surface area contributed by atoms with Gasteiger partial charge in [0.25, 0.3) is 10.0 Å². The van der Waals surface area contributed by atoms with Crippen molar-refractivity contribution in [1.29, 1.82) is 0 Å². The summed E-state index contributed by atoms with van der Waals surface area (Å²) in [6, 6.07) is 3.23. The second kappa shape index (κ2) is 9.94. The lowest BCUT2D eigenvalue weighted by molar-refractivity contribution is -0.124. The van der Waals surface area contributed by atoms with Crippen LogP contribution in [0.15, 0.2) is 29.4 Å². The molecule has 2 aliphatic rings. The van der Waals surface area contributed by atoms with Crippen molar-refractivity contribution in [2.45, 2.75) is 94.5 Å². The van der Waals surface area contributed by atoms with Gasteiger partial charge in [0.2, 0.25) is 5.91 Å². The van der Waals surface area contributed by atoms with Gasteiger partial charge in [-0.05, 0) is 56.6 Å². The highest BCUT2D eigenvalue weighted by molar-refractivity contribution is 7.89. The Hall–Kier alpha value is -1.55. The van der Waals surface area contributed by atoms with Crippen LogP contribution < -0.4 is 11.1 Å². The predicted octanol–water partition coefficient (Wildman–Crippen LogP) is 1.79. The topological polar surface area (TPSA) is 126 Å². The average molecular weight is 453 g/mol. The number of pyridine rings is 1. The van der Waals surface area contributed by atoms with Gasteiger partial charge in [-0.15, -0.1) is 0 Å². The number of carbonyl (C=O) groups is 1. The number of hydrogen-bond donors (Lipinski definition) is 3. The normalized spacial score (nSPS) is 28.5. The van der Waals surface area contributed by atoms with Crippen LogP contribution in [0, 0.1) is 5.41 Å². The molecule has 0 spiro atoms. The third-order valence-corrected chi connectivity index (χ3v) is 8.76. The molecule has 0 aromatic carbocycles. The van der Waals surface area contributed by atoms with Crippen molar-refractivity contribution in [3.8, 4) is 0 Å². The number of amides is 1. The number of sulfonamides is 1. The molecule has 0 radical (unpaired) electrons. The first-order valence-electron chi connectivity index (χ1n) is 11.3. The molecule has 4 atom stereocenters. The highest BCUT2D eigenvalue weighted by Gasteiger charge is 2.38. The van der Waals surface area contributed by atoms with E-state index in [2.05, 4.69) is 17.2 Å². The molecule has 4 unspecified atom stereocenters. The minimum atomic E-state index is -3.84. The molecule has 1 aromatic heterocycles.